The van der Waals surface area contributed by atoms with Crippen LogP contribution in [0.2, 0.25) is 0 Å². The molecule has 0 unspecified atom stereocenters. The minimum absolute atomic E-state index is 0.0617. The zero-order chi connectivity index (χ0) is 13.7. The summed E-state index contributed by atoms with van der Waals surface area (Å²) < 4.78 is 10.9. The van der Waals surface area contributed by atoms with Crippen LogP contribution >= 0.6 is 0 Å². The van der Waals surface area contributed by atoms with Crippen molar-refractivity contribution in [3.05, 3.63) is 0 Å². The van der Waals surface area contributed by atoms with Crippen LogP contribution in [-0.2, 0) is 19.1 Å². The van der Waals surface area contributed by atoms with E-state index < -0.39 is 5.97 Å². The molecule has 0 saturated carbocycles. The molecule has 6 nitrogen and oxygen atoms in total. The lowest BCUT2D eigenvalue weighted by Crippen LogP contribution is -2.45. The second kappa shape index (κ2) is 6.86. The van der Waals surface area contributed by atoms with Crippen molar-refractivity contribution in [3.8, 4) is 0 Å². The largest absolute Gasteiger partial charge is 0.481 e. The Kier molecular flexibility index (Phi) is 5.15. The van der Waals surface area contributed by atoms with E-state index in [1.807, 2.05) is 4.90 Å². The first-order valence-corrected chi connectivity index (χ1v) is 6.88. The first-order chi connectivity index (χ1) is 9.15. The molecule has 0 aliphatic carbocycles. The normalized spacial score (nSPS) is 21.2. The Morgan fingerprint density at radius 3 is 2.37 bits per heavy atom. The monoisotopic (exact) mass is 271 g/mol. The quantitative estimate of drug-likeness (QED) is 0.767. The highest BCUT2D eigenvalue weighted by atomic mass is 16.6. The number of carbonyl (C=O) groups is 2. The smallest absolute Gasteiger partial charge is 0.303 e. The van der Waals surface area contributed by atoms with Gasteiger partial charge in [-0.2, -0.15) is 0 Å². The summed E-state index contributed by atoms with van der Waals surface area (Å²) in [5.41, 5.74) is 0. The molecule has 108 valence electrons. The molecule has 0 bridgehead atoms. The van der Waals surface area contributed by atoms with Crippen LogP contribution in [0, 0.1) is 0 Å². The Bertz CT molecular complexity index is 321. The zero-order valence-electron chi connectivity index (χ0n) is 11.0. The number of hydrogen-bond donors (Lipinski definition) is 1. The van der Waals surface area contributed by atoms with Crippen molar-refractivity contribution in [1.29, 1.82) is 0 Å². The van der Waals surface area contributed by atoms with Gasteiger partial charge in [0.25, 0.3) is 0 Å². The molecule has 2 aliphatic heterocycles. The van der Waals surface area contributed by atoms with Crippen LogP contribution < -0.4 is 0 Å². The number of rotatable bonds is 6. The molecule has 2 saturated heterocycles. The fraction of sp³-hybridized carbons (Fsp3) is 0.846. The average molecular weight is 271 g/mol. The van der Waals surface area contributed by atoms with Crippen LogP contribution in [0.3, 0.4) is 0 Å². The van der Waals surface area contributed by atoms with Crippen LogP contribution in [0.15, 0.2) is 0 Å². The Labute approximate surface area is 112 Å². The summed E-state index contributed by atoms with van der Waals surface area (Å²) in [7, 11) is 0. The van der Waals surface area contributed by atoms with E-state index in [0.717, 1.165) is 12.8 Å². The van der Waals surface area contributed by atoms with Crippen molar-refractivity contribution >= 4 is 11.9 Å². The summed E-state index contributed by atoms with van der Waals surface area (Å²) in [6, 6.07) is 0. The topological polar surface area (TPSA) is 76.1 Å². The maximum Gasteiger partial charge on any atom is 0.303 e. The molecular formula is C13H21NO5. The van der Waals surface area contributed by atoms with E-state index in [4.69, 9.17) is 14.6 Å². The molecule has 2 heterocycles. The van der Waals surface area contributed by atoms with Gasteiger partial charge < -0.3 is 19.5 Å². The third-order valence-electron chi connectivity index (χ3n) is 3.57. The first kappa shape index (κ1) is 14.3. The van der Waals surface area contributed by atoms with Gasteiger partial charge in [0.15, 0.2) is 0 Å². The number of aliphatic carboxylic acids is 1. The van der Waals surface area contributed by atoms with E-state index in [-0.39, 0.29) is 24.5 Å². The first-order valence-electron chi connectivity index (χ1n) is 6.88. The molecule has 0 atom stereocenters. The second-order valence-corrected chi connectivity index (χ2v) is 5.12. The summed E-state index contributed by atoms with van der Waals surface area (Å²) in [6.07, 6.45) is 3.01. The summed E-state index contributed by atoms with van der Waals surface area (Å²) in [6.45, 7) is 2.80. The number of carbonyl (C=O) groups excluding carboxylic acids is 1. The molecule has 19 heavy (non-hydrogen) atoms. The molecule has 0 aromatic heterocycles. The molecule has 6 heteroatoms. The molecule has 0 spiro atoms. The maximum atomic E-state index is 11.8. The standard InChI is InChI=1S/C13H21NO5/c15-12(2-1-3-13(16)17)14-6-4-10(5-7-14)19-11-8-18-9-11/h10-11H,1-9H2,(H,16,17). The summed E-state index contributed by atoms with van der Waals surface area (Å²) in [4.78, 5) is 24.1. The molecule has 2 fully saturated rings. The lowest BCUT2D eigenvalue weighted by Gasteiger charge is -2.36. The van der Waals surface area contributed by atoms with E-state index in [1.54, 1.807) is 0 Å². The van der Waals surface area contributed by atoms with E-state index >= 15 is 0 Å². The van der Waals surface area contributed by atoms with Gasteiger partial charge in [-0.05, 0) is 19.3 Å². The minimum atomic E-state index is -0.845. The number of ether oxygens (including phenoxy) is 2. The van der Waals surface area contributed by atoms with Gasteiger partial charge >= 0.3 is 5.97 Å². The van der Waals surface area contributed by atoms with Gasteiger partial charge in [0.2, 0.25) is 5.91 Å². The highest BCUT2D eigenvalue weighted by molar-refractivity contribution is 5.77. The Hall–Kier alpha value is -1.14. The number of likely N-dealkylation sites (tertiary alicyclic amines) is 1. The fourth-order valence-corrected chi connectivity index (χ4v) is 2.36. The van der Waals surface area contributed by atoms with Gasteiger partial charge in [-0.1, -0.05) is 0 Å². The number of piperidine rings is 1. The van der Waals surface area contributed by atoms with Crippen LogP contribution in [0.4, 0.5) is 0 Å². The third-order valence-corrected chi connectivity index (χ3v) is 3.57. The van der Waals surface area contributed by atoms with Crippen LogP contribution in [0.1, 0.15) is 32.1 Å². The minimum Gasteiger partial charge on any atom is -0.481 e. The van der Waals surface area contributed by atoms with Crippen molar-refractivity contribution in [2.45, 2.75) is 44.3 Å². The van der Waals surface area contributed by atoms with E-state index in [2.05, 4.69) is 0 Å². The van der Waals surface area contributed by atoms with Gasteiger partial charge in [0, 0.05) is 25.9 Å². The van der Waals surface area contributed by atoms with Crippen molar-refractivity contribution in [3.63, 3.8) is 0 Å². The molecule has 0 aromatic rings. The maximum absolute atomic E-state index is 11.8. The zero-order valence-corrected chi connectivity index (χ0v) is 11.0. The number of carboxylic acids is 1. The van der Waals surface area contributed by atoms with Crippen molar-refractivity contribution in [2.75, 3.05) is 26.3 Å². The molecule has 0 aromatic carbocycles. The van der Waals surface area contributed by atoms with Crippen molar-refractivity contribution in [1.82, 2.24) is 4.90 Å². The van der Waals surface area contributed by atoms with E-state index in [9.17, 15) is 9.59 Å². The molecule has 0 radical (unpaired) electrons. The Morgan fingerprint density at radius 2 is 1.84 bits per heavy atom. The van der Waals surface area contributed by atoms with Crippen LogP contribution in [-0.4, -0.2) is 60.4 Å². The van der Waals surface area contributed by atoms with Crippen LogP contribution in [0.25, 0.3) is 0 Å². The average Bonchev–Trinajstić information content (AvgIpc) is 2.34. The lowest BCUT2D eigenvalue weighted by atomic mass is 10.1. The lowest BCUT2D eigenvalue weighted by molar-refractivity contribution is -0.165. The number of hydrogen-bond acceptors (Lipinski definition) is 4. The predicted octanol–water partition coefficient (Wildman–Crippen LogP) is 0.648. The number of nitrogens with zero attached hydrogens (tertiary/aromatic N) is 1. The van der Waals surface area contributed by atoms with E-state index in [1.165, 1.54) is 0 Å². The van der Waals surface area contributed by atoms with Gasteiger partial charge in [0.05, 0.1) is 19.3 Å². The predicted molar refractivity (Wildman–Crippen MR) is 66.8 cm³/mol. The van der Waals surface area contributed by atoms with Gasteiger partial charge in [0.1, 0.15) is 6.10 Å². The molecule has 1 amide bonds. The number of amides is 1. The second-order valence-electron chi connectivity index (χ2n) is 5.12. The van der Waals surface area contributed by atoms with Gasteiger partial charge in [-0.25, -0.2) is 0 Å². The van der Waals surface area contributed by atoms with Crippen molar-refractivity contribution in [2.24, 2.45) is 0 Å². The summed E-state index contributed by atoms with van der Waals surface area (Å²) in [5.74, 6) is -0.783. The van der Waals surface area contributed by atoms with Crippen LogP contribution in [0.5, 0.6) is 0 Å². The van der Waals surface area contributed by atoms with Crippen molar-refractivity contribution < 1.29 is 24.2 Å². The van der Waals surface area contributed by atoms with Gasteiger partial charge in [-0.15, -0.1) is 0 Å². The molecule has 2 rings (SSSR count). The third kappa shape index (κ3) is 4.47. The highest BCUT2D eigenvalue weighted by Gasteiger charge is 2.27. The Balaban J connectivity index is 1.61. The Morgan fingerprint density at radius 1 is 1.16 bits per heavy atom. The van der Waals surface area contributed by atoms with Gasteiger partial charge in [-0.3, -0.25) is 9.59 Å². The molecular weight excluding hydrogens is 250 g/mol. The summed E-state index contributed by atoms with van der Waals surface area (Å²) >= 11 is 0. The molecule has 1 N–H and O–H groups in total. The van der Waals surface area contributed by atoms with E-state index in [0.29, 0.717) is 39.1 Å². The summed E-state index contributed by atoms with van der Waals surface area (Å²) in [5, 5.41) is 8.53. The number of carboxylic acid groups (broad SMARTS) is 1. The fourth-order valence-electron chi connectivity index (χ4n) is 2.36. The SMILES string of the molecule is O=C(O)CCCC(=O)N1CCC(OC2COC2)CC1. The highest BCUT2D eigenvalue weighted by Crippen LogP contribution is 2.19. The molecule has 2 aliphatic rings.